The van der Waals surface area contributed by atoms with Crippen LogP contribution in [0.25, 0.3) is 6.08 Å². The summed E-state index contributed by atoms with van der Waals surface area (Å²) in [5, 5.41) is 0. The van der Waals surface area contributed by atoms with Crippen molar-refractivity contribution in [2.45, 2.75) is 19.3 Å². The number of carbonyl (C=O) groups excluding carboxylic acids is 1. The van der Waals surface area contributed by atoms with Gasteiger partial charge in [0.2, 0.25) is 0 Å². The van der Waals surface area contributed by atoms with E-state index >= 15 is 0 Å². The van der Waals surface area contributed by atoms with Gasteiger partial charge >= 0.3 is 5.97 Å². The van der Waals surface area contributed by atoms with E-state index in [1.54, 1.807) is 6.08 Å². The lowest BCUT2D eigenvalue weighted by molar-refractivity contribution is -0.134. The molecule has 0 N–H and O–H groups in total. The van der Waals surface area contributed by atoms with Gasteiger partial charge in [0.05, 0.1) is 26.6 Å². The molecule has 0 saturated carbocycles. The highest BCUT2D eigenvalue weighted by atomic mass is 32.2. The zero-order chi connectivity index (χ0) is 17.1. The van der Waals surface area contributed by atoms with E-state index in [-0.39, 0.29) is 6.61 Å². The first-order valence-corrected chi connectivity index (χ1v) is 9.06. The molecule has 0 unspecified atom stereocenters. The van der Waals surface area contributed by atoms with Crippen LogP contribution in [0.2, 0.25) is 0 Å². The van der Waals surface area contributed by atoms with E-state index in [0.717, 1.165) is 24.7 Å². The molecule has 0 bridgehead atoms. The van der Waals surface area contributed by atoms with E-state index < -0.39 is 16.1 Å². The van der Waals surface area contributed by atoms with Gasteiger partial charge in [0.15, 0.2) is 0 Å². The van der Waals surface area contributed by atoms with Gasteiger partial charge < -0.3 is 9.47 Å². The molecule has 0 aliphatic heterocycles. The Morgan fingerprint density at radius 1 is 1.13 bits per heavy atom. The van der Waals surface area contributed by atoms with E-state index in [4.69, 9.17) is 4.74 Å². The quantitative estimate of drug-likeness (QED) is 0.281. The maximum absolute atomic E-state index is 11.1. The van der Waals surface area contributed by atoms with Crippen molar-refractivity contribution in [2.24, 2.45) is 0 Å². The Bertz CT molecular complexity index is 621. The Balaban J connectivity index is 2.35. The molecule has 0 aliphatic carbocycles. The van der Waals surface area contributed by atoms with Crippen LogP contribution >= 0.6 is 0 Å². The topological polar surface area (TPSA) is 78.9 Å². The second kappa shape index (κ2) is 10.0. The summed E-state index contributed by atoms with van der Waals surface area (Å²) in [6, 6.07) is 7.37. The van der Waals surface area contributed by atoms with Crippen LogP contribution in [-0.2, 0) is 23.8 Å². The number of carbonyl (C=O) groups is 1. The summed E-state index contributed by atoms with van der Waals surface area (Å²) in [6.07, 6.45) is 6.25. The highest BCUT2D eigenvalue weighted by molar-refractivity contribution is 7.85. The number of ether oxygens (including phenoxy) is 2. The number of esters is 1. The third-order valence-electron chi connectivity index (χ3n) is 2.86. The van der Waals surface area contributed by atoms with Crippen LogP contribution in [0.15, 0.2) is 30.3 Å². The fraction of sp³-hybridized carbons (Fsp3) is 0.438. The van der Waals surface area contributed by atoms with E-state index in [1.165, 1.54) is 13.2 Å². The number of methoxy groups -OCH3 is 1. The van der Waals surface area contributed by atoms with Crippen LogP contribution in [0, 0.1) is 0 Å². The SMILES string of the molecule is COC(=O)C=Cc1ccccc1OCCCCCOS(C)(=O)=O. The standard InChI is InChI=1S/C16H22O6S/c1-20-16(17)11-10-14-8-4-5-9-15(14)21-12-6-3-7-13-22-23(2,18)19/h4-5,8-11H,3,6-7,12-13H2,1-2H3. The minimum absolute atomic E-state index is 0.192. The summed E-state index contributed by atoms with van der Waals surface area (Å²) >= 11 is 0. The molecular formula is C16H22O6S. The van der Waals surface area contributed by atoms with Crippen molar-refractivity contribution in [3.05, 3.63) is 35.9 Å². The van der Waals surface area contributed by atoms with Gasteiger partial charge in [0.1, 0.15) is 5.75 Å². The van der Waals surface area contributed by atoms with E-state index in [9.17, 15) is 13.2 Å². The van der Waals surface area contributed by atoms with Gasteiger partial charge in [0.25, 0.3) is 10.1 Å². The molecule has 0 saturated heterocycles. The van der Waals surface area contributed by atoms with Gasteiger partial charge in [-0.2, -0.15) is 8.42 Å². The van der Waals surface area contributed by atoms with Gasteiger partial charge in [-0.15, -0.1) is 0 Å². The number of unbranched alkanes of at least 4 members (excludes halogenated alkanes) is 2. The van der Waals surface area contributed by atoms with Gasteiger partial charge in [-0.05, 0) is 31.4 Å². The first-order valence-electron chi connectivity index (χ1n) is 7.24. The lowest BCUT2D eigenvalue weighted by Crippen LogP contribution is -2.05. The maximum Gasteiger partial charge on any atom is 0.330 e. The van der Waals surface area contributed by atoms with E-state index in [1.807, 2.05) is 24.3 Å². The minimum atomic E-state index is -3.36. The number of rotatable bonds is 10. The lowest BCUT2D eigenvalue weighted by Gasteiger charge is -2.09. The zero-order valence-corrected chi connectivity index (χ0v) is 14.2. The van der Waals surface area contributed by atoms with E-state index in [2.05, 4.69) is 8.92 Å². The number of hydrogen-bond donors (Lipinski definition) is 0. The van der Waals surface area contributed by atoms with Crippen molar-refractivity contribution in [1.82, 2.24) is 0 Å². The lowest BCUT2D eigenvalue weighted by atomic mass is 10.2. The van der Waals surface area contributed by atoms with Crippen LogP contribution in [0.4, 0.5) is 0 Å². The molecule has 128 valence electrons. The Kier molecular flexibility index (Phi) is 8.36. The van der Waals surface area contributed by atoms with Gasteiger partial charge in [-0.3, -0.25) is 4.18 Å². The van der Waals surface area contributed by atoms with Gasteiger partial charge in [0, 0.05) is 11.6 Å². The maximum atomic E-state index is 11.1. The molecule has 0 amide bonds. The third kappa shape index (κ3) is 9.00. The fourth-order valence-electron chi connectivity index (χ4n) is 1.75. The molecule has 0 aliphatic rings. The molecule has 0 heterocycles. The number of hydrogen-bond acceptors (Lipinski definition) is 6. The predicted octanol–water partition coefficient (Wildman–Crippen LogP) is 2.40. The second-order valence-corrected chi connectivity index (χ2v) is 6.47. The number of para-hydroxylation sites is 1. The van der Waals surface area contributed by atoms with Crippen molar-refractivity contribution < 1.29 is 26.9 Å². The highest BCUT2D eigenvalue weighted by Gasteiger charge is 2.02. The Morgan fingerprint density at radius 3 is 2.52 bits per heavy atom. The first-order chi connectivity index (χ1) is 10.9. The normalized spacial score (nSPS) is 11.6. The van der Waals surface area contributed by atoms with Crippen molar-refractivity contribution in [3.8, 4) is 5.75 Å². The van der Waals surface area contributed by atoms with E-state index in [0.29, 0.717) is 18.8 Å². The van der Waals surface area contributed by atoms with Crippen molar-refractivity contribution in [2.75, 3.05) is 26.6 Å². The van der Waals surface area contributed by atoms with Crippen LogP contribution in [0.5, 0.6) is 5.75 Å². The molecule has 0 spiro atoms. The molecule has 23 heavy (non-hydrogen) atoms. The average molecular weight is 342 g/mol. The molecule has 1 aromatic carbocycles. The largest absolute Gasteiger partial charge is 0.493 e. The Morgan fingerprint density at radius 2 is 1.83 bits per heavy atom. The molecule has 0 fully saturated rings. The van der Waals surface area contributed by atoms with Crippen molar-refractivity contribution >= 4 is 22.2 Å². The number of benzene rings is 1. The molecule has 7 heteroatoms. The van der Waals surface area contributed by atoms with Crippen molar-refractivity contribution in [3.63, 3.8) is 0 Å². The van der Waals surface area contributed by atoms with Crippen molar-refractivity contribution in [1.29, 1.82) is 0 Å². The van der Waals surface area contributed by atoms with Crippen LogP contribution in [-0.4, -0.2) is 41.0 Å². The van der Waals surface area contributed by atoms with Gasteiger partial charge in [-0.1, -0.05) is 18.2 Å². The smallest absolute Gasteiger partial charge is 0.330 e. The Hall–Kier alpha value is -1.86. The monoisotopic (exact) mass is 342 g/mol. The molecule has 0 aromatic heterocycles. The second-order valence-electron chi connectivity index (χ2n) is 4.83. The summed E-state index contributed by atoms with van der Waals surface area (Å²) in [7, 11) is -2.04. The first kappa shape index (κ1) is 19.2. The summed E-state index contributed by atoms with van der Waals surface area (Å²) < 4.78 is 36.5. The molecule has 1 aromatic rings. The third-order valence-corrected chi connectivity index (χ3v) is 3.46. The molecule has 0 atom stereocenters. The Labute approximate surface area is 137 Å². The van der Waals surface area contributed by atoms with Crippen LogP contribution < -0.4 is 4.74 Å². The molecule has 0 radical (unpaired) electrons. The fourth-order valence-corrected chi connectivity index (χ4v) is 2.17. The predicted molar refractivity (Wildman–Crippen MR) is 87.6 cm³/mol. The molecule has 1 rings (SSSR count). The van der Waals surface area contributed by atoms with Crippen LogP contribution in [0.3, 0.4) is 0 Å². The average Bonchev–Trinajstić information content (AvgIpc) is 2.51. The summed E-state index contributed by atoms with van der Waals surface area (Å²) in [4.78, 5) is 11.1. The van der Waals surface area contributed by atoms with Gasteiger partial charge in [-0.25, -0.2) is 4.79 Å². The molecular weight excluding hydrogens is 320 g/mol. The van der Waals surface area contributed by atoms with Crippen LogP contribution in [0.1, 0.15) is 24.8 Å². The summed E-state index contributed by atoms with van der Waals surface area (Å²) in [5.74, 6) is 0.255. The summed E-state index contributed by atoms with van der Waals surface area (Å²) in [5.41, 5.74) is 0.790. The zero-order valence-electron chi connectivity index (χ0n) is 13.4. The molecule has 6 nitrogen and oxygen atoms in total. The highest BCUT2D eigenvalue weighted by Crippen LogP contribution is 2.20. The summed E-state index contributed by atoms with van der Waals surface area (Å²) in [6.45, 7) is 0.694. The minimum Gasteiger partial charge on any atom is -0.493 e.